The van der Waals surface area contributed by atoms with Crippen molar-refractivity contribution >= 4 is 0 Å². The highest BCUT2D eigenvalue weighted by molar-refractivity contribution is 5.27. The quantitative estimate of drug-likeness (QED) is 0.674. The van der Waals surface area contributed by atoms with Gasteiger partial charge in [-0.15, -0.1) is 0 Å². The van der Waals surface area contributed by atoms with Crippen LogP contribution in [0.2, 0.25) is 0 Å². The minimum atomic E-state index is 0.205. The Morgan fingerprint density at radius 3 is 2.15 bits per heavy atom. The normalized spacial score (nSPS) is 11.5. The van der Waals surface area contributed by atoms with Crippen molar-refractivity contribution in [2.24, 2.45) is 0 Å². The molecule has 0 spiro atoms. The van der Waals surface area contributed by atoms with Crippen molar-refractivity contribution in [2.45, 2.75) is 33.8 Å². The van der Waals surface area contributed by atoms with Crippen LogP contribution in [0.4, 0.5) is 0 Å². The zero-order valence-corrected chi connectivity index (χ0v) is 9.29. The van der Waals surface area contributed by atoms with Gasteiger partial charge in [0.15, 0.2) is 0 Å². The maximum atomic E-state index is 5.22. The standard InChI is InChI=1S/C10H14O.C2H6/c1-8-6-4-5-7-10(8)9(2)11-3;1-2/h4-7,9H,1-3H3;1-2H3. The van der Waals surface area contributed by atoms with Crippen molar-refractivity contribution in [2.75, 3.05) is 7.11 Å². The fourth-order valence-electron chi connectivity index (χ4n) is 1.17. The number of benzene rings is 1. The molecular weight excluding hydrogens is 160 g/mol. The van der Waals surface area contributed by atoms with Gasteiger partial charge in [0.05, 0.1) is 6.10 Å². The minimum absolute atomic E-state index is 0.205. The number of aryl methyl sites for hydroxylation is 1. The Balaban J connectivity index is 0.000000671. The van der Waals surface area contributed by atoms with Gasteiger partial charge in [0, 0.05) is 7.11 Å². The van der Waals surface area contributed by atoms with E-state index < -0.39 is 0 Å². The fraction of sp³-hybridized carbons (Fsp3) is 0.500. The average molecular weight is 180 g/mol. The summed E-state index contributed by atoms with van der Waals surface area (Å²) in [7, 11) is 1.73. The van der Waals surface area contributed by atoms with Gasteiger partial charge in [-0.3, -0.25) is 0 Å². The molecule has 1 nitrogen and oxygen atoms in total. The molecule has 0 N–H and O–H groups in total. The zero-order valence-electron chi connectivity index (χ0n) is 9.29. The molecule has 0 aliphatic carbocycles. The lowest BCUT2D eigenvalue weighted by Gasteiger charge is -2.11. The smallest absolute Gasteiger partial charge is 0.0795 e. The van der Waals surface area contributed by atoms with E-state index in [9.17, 15) is 0 Å². The predicted octanol–water partition coefficient (Wildman–Crippen LogP) is 3.73. The van der Waals surface area contributed by atoms with Crippen LogP contribution in [-0.2, 0) is 4.74 Å². The summed E-state index contributed by atoms with van der Waals surface area (Å²) in [5.74, 6) is 0. The van der Waals surface area contributed by atoms with Crippen LogP contribution < -0.4 is 0 Å². The summed E-state index contributed by atoms with van der Waals surface area (Å²) in [6.45, 7) is 8.16. The van der Waals surface area contributed by atoms with Gasteiger partial charge in [-0.1, -0.05) is 38.1 Å². The molecule has 1 aromatic rings. The second kappa shape index (κ2) is 6.67. The molecule has 13 heavy (non-hydrogen) atoms. The second-order valence-electron chi connectivity index (χ2n) is 2.73. The molecule has 0 radical (unpaired) electrons. The van der Waals surface area contributed by atoms with E-state index in [1.165, 1.54) is 11.1 Å². The van der Waals surface area contributed by atoms with Gasteiger partial charge >= 0.3 is 0 Å². The van der Waals surface area contributed by atoms with Gasteiger partial charge < -0.3 is 4.74 Å². The number of ether oxygens (including phenoxy) is 1. The van der Waals surface area contributed by atoms with E-state index in [0.29, 0.717) is 0 Å². The first kappa shape index (κ1) is 12.2. The maximum absolute atomic E-state index is 5.22. The molecule has 0 saturated heterocycles. The zero-order chi connectivity index (χ0) is 10.3. The van der Waals surface area contributed by atoms with Crippen LogP contribution >= 0.6 is 0 Å². The fourth-order valence-corrected chi connectivity index (χ4v) is 1.17. The maximum Gasteiger partial charge on any atom is 0.0795 e. The van der Waals surface area contributed by atoms with Crippen molar-refractivity contribution < 1.29 is 4.74 Å². The lowest BCUT2D eigenvalue weighted by atomic mass is 10.1. The SMILES string of the molecule is CC.COC(C)c1ccccc1C. The molecule has 0 aliphatic heterocycles. The third-order valence-electron chi connectivity index (χ3n) is 1.98. The average Bonchev–Trinajstić information content (AvgIpc) is 2.20. The summed E-state index contributed by atoms with van der Waals surface area (Å²) in [6.07, 6.45) is 0.205. The Bertz CT molecular complexity index is 230. The Kier molecular flexibility index (Phi) is 6.25. The summed E-state index contributed by atoms with van der Waals surface area (Å²) in [4.78, 5) is 0. The predicted molar refractivity (Wildman–Crippen MR) is 58.0 cm³/mol. The van der Waals surface area contributed by atoms with E-state index in [0.717, 1.165) is 0 Å². The minimum Gasteiger partial charge on any atom is -0.377 e. The number of hydrogen-bond acceptors (Lipinski definition) is 1. The van der Waals surface area contributed by atoms with E-state index in [4.69, 9.17) is 4.74 Å². The largest absolute Gasteiger partial charge is 0.377 e. The van der Waals surface area contributed by atoms with Gasteiger partial charge in [-0.05, 0) is 25.0 Å². The van der Waals surface area contributed by atoms with Crippen molar-refractivity contribution in [3.8, 4) is 0 Å². The lowest BCUT2D eigenvalue weighted by Crippen LogP contribution is -1.97. The Morgan fingerprint density at radius 1 is 1.15 bits per heavy atom. The molecule has 1 atom stereocenters. The van der Waals surface area contributed by atoms with Crippen LogP contribution in [0.3, 0.4) is 0 Å². The van der Waals surface area contributed by atoms with Crippen LogP contribution in [0.25, 0.3) is 0 Å². The number of rotatable bonds is 2. The highest BCUT2D eigenvalue weighted by Crippen LogP contribution is 2.18. The van der Waals surface area contributed by atoms with Crippen molar-refractivity contribution in [3.63, 3.8) is 0 Å². The molecule has 0 fully saturated rings. The molecule has 0 aromatic heterocycles. The van der Waals surface area contributed by atoms with Crippen LogP contribution in [-0.4, -0.2) is 7.11 Å². The molecule has 1 aromatic carbocycles. The summed E-state index contributed by atoms with van der Waals surface area (Å²) in [6, 6.07) is 8.29. The van der Waals surface area contributed by atoms with E-state index in [2.05, 4.69) is 26.0 Å². The first-order chi connectivity index (χ1) is 6.25. The van der Waals surface area contributed by atoms with Crippen LogP contribution in [0.5, 0.6) is 0 Å². The summed E-state index contributed by atoms with van der Waals surface area (Å²) in [5, 5.41) is 0. The van der Waals surface area contributed by atoms with Gasteiger partial charge in [-0.25, -0.2) is 0 Å². The molecule has 0 bridgehead atoms. The van der Waals surface area contributed by atoms with Crippen molar-refractivity contribution in [3.05, 3.63) is 35.4 Å². The third-order valence-corrected chi connectivity index (χ3v) is 1.98. The molecule has 1 rings (SSSR count). The topological polar surface area (TPSA) is 9.23 Å². The molecule has 0 amide bonds. The van der Waals surface area contributed by atoms with E-state index in [1.54, 1.807) is 7.11 Å². The molecule has 0 saturated carbocycles. The molecule has 0 heterocycles. The Hall–Kier alpha value is -0.820. The first-order valence-corrected chi connectivity index (χ1v) is 4.84. The van der Waals surface area contributed by atoms with Gasteiger partial charge in [0.1, 0.15) is 0 Å². The van der Waals surface area contributed by atoms with Gasteiger partial charge in [-0.2, -0.15) is 0 Å². The molecule has 1 heteroatoms. The molecule has 1 unspecified atom stereocenters. The lowest BCUT2D eigenvalue weighted by molar-refractivity contribution is 0.119. The monoisotopic (exact) mass is 180 g/mol. The van der Waals surface area contributed by atoms with Crippen LogP contribution in [0.1, 0.15) is 38.0 Å². The highest BCUT2D eigenvalue weighted by atomic mass is 16.5. The summed E-state index contributed by atoms with van der Waals surface area (Å²) < 4.78 is 5.22. The molecular formula is C12H20O. The van der Waals surface area contributed by atoms with E-state index in [1.807, 2.05) is 26.0 Å². The summed E-state index contributed by atoms with van der Waals surface area (Å²) in [5.41, 5.74) is 2.57. The molecule has 0 aliphatic rings. The number of methoxy groups -OCH3 is 1. The molecule has 74 valence electrons. The van der Waals surface area contributed by atoms with Crippen molar-refractivity contribution in [1.82, 2.24) is 0 Å². The highest BCUT2D eigenvalue weighted by Gasteiger charge is 2.04. The number of hydrogen-bond donors (Lipinski definition) is 0. The second-order valence-corrected chi connectivity index (χ2v) is 2.73. The van der Waals surface area contributed by atoms with E-state index in [-0.39, 0.29) is 6.10 Å². The summed E-state index contributed by atoms with van der Waals surface area (Å²) >= 11 is 0. The third kappa shape index (κ3) is 3.60. The Labute approximate surface area is 81.7 Å². The first-order valence-electron chi connectivity index (χ1n) is 4.84. The van der Waals surface area contributed by atoms with Crippen LogP contribution in [0.15, 0.2) is 24.3 Å². The van der Waals surface area contributed by atoms with Crippen LogP contribution in [0, 0.1) is 6.92 Å². The Morgan fingerprint density at radius 2 is 1.69 bits per heavy atom. The van der Waals surface area contributed by atoms with Crippen molar-refractivity contribution in [1.29, 1.82) is 0 Å². The van der Waals surface area contributed by atoms with Gasteiger partial charge in [0.2, 0.25) is 0 Å². The van der Waals surface area contributed by atoms with E-state index >= 15 is 0 Å². The van der Waals surface area contributed by atoms with Gasteiger partial charge in [0.25, 0.3) is 0 Å².